The number of carbonyl (C=O) groups excluding carboxylic acids is 1. The number of carbonyl (C=O) groups is 1. The van der Waals surface area contributed by atoms with Gasteiger partial charge in [-0.1, -0.05) is 19.0 Å². The number of urea groups is 1. The fraction of sp³-hybridized carbons (Fsp3) is 0.417. The highest BCUT2D eigenvalue weighted by Gasteiger charge is 2.14. The Balaban J connectivity index is 1.92. The van der Waals surface area contributed by atoms with Gasteiger partial charge in [0.25, 0.3) is 0 Å². The topological polar surface area (TPSA) is 71.3 Å². The van der Waals surface area contributed by atoms with Crippen molar-refractivity contribution in [3.8, 4) is 0 Å². The molecule has 102 valence electrons. The molecule has 0 saturated heterocycles. The number of amides is 2. The van der Waals surface area contributed by atoms with Gasteiger partial charge in [-0.25, -0.2) is 9.78 Å². The lowest BCUT2D eigenvalue weighted by Crippen LogP contribution is -2.31. The zero-order valence-electron chi connectivity index (χ0n) is 11.1. The molecule has 2 heterocycles. The van der Waals surface area contributed by atoms with Gasteiger partial charge in [-0.15, -0.1) is 11.3 Å². The maximum Gasteiger partial charge on any atom is 0.323 e. The Labute approximate surface area is 115 Å². The molecule has 0 aliphatic carbocycles. The lowest BCUT2D eigenvalue weighted by atomic mass is 10.2. The van der Waals surface area contributed by atoms with Crippen LogP contribution < -0.4 is 5.32 Å². The Morgan fingerprint density at radius 1 is 1.58 bits per heavy atom. The summed E-state index contributed by atoms with van der Waals surface area (Å²) in [7, 11) is 1.71. The van der Waals surface area contributed by atoms with Crippen LogP contribution in [0.25, 0.3) is 0 Å². The van der Waals surface area contributed by atoms with Crippen molar-refractivity contribution in [3.63, 3.8) is 0 Å². The third kappa shape index (κ3) is 3.54. The molecule has 2 rings (SSSR count). The van der Waals surface area contributed by atoms with Crippen LogP contribution in [0.3, 0.4) is 0 Å². The van der Waals surface area contributed by atoms with Gasteiger partial charge in [0.05, 0.1) is 17.7 Å². The molecular formula is C12H16N4O2S. The second-order valence-corrected chi connectivity index (χ2v) is 5.25. The molecule has 0 bridgehead atoms. The first kappa shape index (κ1) is 13.5. The van der Waals surface area contributed by atoms with E-state index < -0.39 is 0 Å². The summed E-state index contributed by atoms with van der Waals surface area (Å²) >= 11 is 1.51. The average molecular weight is 280 g/mol. The summed E-state index contributed by atoms with van der Waals surface area (Å²) in [4.78, 5) is 17.6. The van der Waals surface area contributed by atoms with Crippen molar-refractivity contribution in [2.75, 3.05) is 12.4 Å². The zero-order chi connectivity index (χ0) is 13.8. The molecule has 0 atom stereocenters. The molecule has 6 nitrogen and oxygen atoms in total. The third-order valence-corrected chi connectivity index (χ3v) is 3.20. The number of hydrogen-bond acceptors (Lipinski definition) is 5. The predicted octanol–water partition coefficient (Wildman–Crippen LogP) is 2.92. The summed E-state index contributed by atoms with van der Waals surface area (Å²) in [5.41, 5.74) is 2.61. The van der Waals surface area contributed by atoms with Crippen LogP contribution >= 0.6 is 11.3 Å². The minimum Gasteiger partial charge on any atom is -0.359 e. The molecule has 2 aromatic heterocycles. The van der Waals surface area contributed by atoms with Crippen LogP contribution in [0.15, 0.2) is 21.5 Å². The number of nitrogens with zero attached hydrogens (tertiary/aromatic N) is 3. The highest BCUT2D eigenvalue weighted by atomic mass is 32.1. The predicted molar refractivity (Wildman–Crippen MR) is 73.2 cm³/mol. The van der Waals surface area contributed by atoms with Crippen molar-refractivity contribution >= 4 is 23.2 Å². The van der Waals surface area contributed by atoms with Gasteiger partial charge in [0.15, 0.2) is 5.82 Å². The first-order valence-corrected chi connectivity index (χ1v) is 6.86. The van der Waals surface area contributed by atoms with Crippen LogP contribution in [0, 0.1) is 0 Å². The summed E-state index contributed by atoms with van der Waals surface area (Å²) in [5.74, 6) is 1.42. The van der Waals surface area contributed by atoms with E-state index in [0.717, 1.165) is 11.5 Å². The summed E-state index contributed by atoms with van der Waals surface area (Å²) in [6.45, 7) is 4.46. The van der Waals surface area contributed by atoms with Crippen LogP contribution in [-0.2, 0) is 6.54 Å². The molecule has 0 saturated carbocycles. The molecule has 7 heteroatoms. The van der Waals surface area contributed by atoms with Gasteiger partial charge < -0.3 is 9.42 Å². The van der Waals surface area contributed by atoms with E-state index in [4.69, 9.17) is 4.52 Å². The highest BCUT2D eigenvalue weighted by Crippen LogP contribution is 2.18. The summed E-state index contributed by atoms with van der Waals surface area (Å²) in [5, 5.41) is 8.41. The molecule has 0 fully saturated rings. The Bertz CT molecular complexity index is 536. The zero-order valence-corrected chi connectivity index (χ0v) is 11.9. The molecule has 0 aliphatic heterocycles. The minimum atomic E-state index is -0.239. The van der Waals surface area contributed by atoms with E-state index >= 15 is 0 Å². The normalized spacial score (nSPS) is 10.7. The fourth-order valence-electron chi connectivity index (χ4n) is 1.46. The molecule has 19 heavy (non-hydrogen) atoms. The Morgan fingerprint density at radius 3 is 2.95 bits per heavy atom. The van der Waals surface area contributed by atoms with Crippen LogP contribution in [0.5, 0.6) is 0 Å². The summed E-state index contributed by atoms with van der Waals surface area (Å²) < 4.78 is 5.12. The molecule has 2 aromatic rings. The van der Waals surface area contributed by atoms with Gasteiger partial charge in [0.1, 0.15) is 5.76 Å². The minimum absolute atomic E-state index is 0.239. The van der Waals surface area contributed by atoms with Crippen molar-refractivity contribution in [1.82, 2.24) is 15.0 Å². The molecule has 0 radical (unpaired) electrons. The number of nitrogens with one attached hydrogen (secondary N) is 1. The number of anilines is 1. The maximum absolute atomic E-state index is 11.9. The van der Waals surface area contributed by atoms with E-state index in [0.29, 0.717) is 12.4 Å². The van der Waals surface area contributed by atoms with Crippen LogP contribution in [0.4, 0.5) is 10.6 Å². The van der Waals surface area contributed by atoms with E-state index in [-0.39, 0.29) is 11.9 Å². The number of thiazole rings is 1. The molecular weight excluding hydrogens is 264 g/mol. The van der Waals surface area contributed by atoms with E-state index in [9.17, 15) is 4.79 Å². The van der Waals surface area contributed by atoms with E-state index in [1.807, 2.05) is 19.2 Å². The van der Waals surface area contributed by atoms with Gasteiger partial charge >= 0.3 is 6.03 Å². The SMILES string of the molecule is CC(C)c1cc(NC(=O)N(C)Cc2cscn2)no1. The lowest BCUT2D eigenvalue weighted by molar-refractivity contribution is 0.220. The fourth-order valence-corrected chi connectivity index (χ4v) is 2.01. The van der Waals surface area contributed by atoms with E-state index in [1.54, 1.807) is 23.5 Å². The molecule has 0 aromatic carbocycles. The number of aromatic nitrogens is 2. The summed E-state index contributed by atoms with van der Waals surface area (Å²) in [6, 6.07) is 1.50. The highest BCUT2D eigenvalue weighted by molar-refractivity contribution is 7.07. The van der Waals surface area contributed by atoms with Crippen molar-refractivity contribution in [2.45, 2.75) is 26.3 Å². The second-order valence-electron chi connectivity index (χ2n) is 4.54. The molecule has 2 amide bonds. The average Bonchev–Trinajstić information content (AvgIpc) is 2.99. The second kappa shape index (κ2) is 5.83. The largest absolute Gasteiger partial charge is 0.359 e. The number of rotatable bonds is 4. The van der Waals surface area contributed by atoms with Crippen molar-refractivity contribution < 1.29 is 9.32 Å². The number of hydrogen-bond donors (Lipinski definition) is 1. The van der Waals surface area contributed by atoms with E-state index in [1.165, 1.54) is 11.3 Å². The quantitative estimate of drug-likeness (QED) is 0.934. The van der Waals surface area contributed by atoms with Gasteiger partial charge in [-0.2, -0.15) is 0 Å². The van der Waals surface area contributed by atoms with Gasteiger partial charge in [0.2, 0.25) is 0 Å². The Hall–Kier alpha value is -1.89. The summed E-state index contributed by atoms with van der Waals surface area (Å²) in [6.07, 6.45) is 0. The van der Waals surface area contributed by atoms with Crippen LogP contribution in [0.1, 0.15) is 31.2 Å². The van der Waals surface area contributed by atoms with Gasteiger partial charge in [-0.05, 0) is 0 Å². The monoisotopic (exact) mass is 280 g/mol. The molecule has 0 unspecified atom stereocenters. The third-order valence-electron chi connectivity index (χ3n) is 2.56. The first-order valence-electron chi connectivity index (χ1n) is 5.92. The van der Waals surface area contributed by atoms with Crippen molar-refractivity contribution in [2.24, 2.45) is 0 Å². The van der Waals surface area contributed by atoms with Gasteiger partial charge in [0, 0.05) is 24.4 Å². The Morgan fingerprint density at radius 2 is 2.37 bits per heavy atom. The van der Waals surface area contributed by atoms with E-state index in [2.05, 4.69) is 15.5 Å². The lowest BCUT2D eigenvalue weighted by Gasteiger charge is -2.15. The molecule has 0 spiro atoms. The van der Waals surface area contributed by atoms with Gasteiger partial charge in [-0.3, -0.25) is 5.32 Å². The first-order chi connectivity index (χ1) is 9.06. The standard InChI is InChI=1S/C12H16N4O2S/c1-8(2)10-4-11(15-18-10)14-12(17)16(3)5-9-6-19-7-13-9/h4,6-8H,5H2,1-3H3,(H,14,15,17). The van der Waals surface area contributed by atoms with Crippen molar-refractivity contribution in [3.05, 3.63) is 28.4 Å². The van der Waals surface area contributed by atoms with Crippen LogP contribution in [0.2, 0.25) is 0 Å². The Kier molecular flexibility index (Phi) is 4.16. The van der Waals surface area contributed by atoms with Crippen LogP contribution in [-0.4, -0.2) is 28.1 Å². The van der Waals surface area contributed by atoms with Crippen molar-refractivity contribution in [1.29, 1.82) is 0 Å². The molecule has 1 N–H and O–H groups in total. The maximum atomic E-state index is 11.9. The smallest absolute Gasteiger partial charge is 0.323 e. The molecule has 0 aliphatic rings.